The second-order valence-electron chi connectivity index (χ2n) is 4.60. The number of aryl methyl sites for hydroxylation is 1. The minimum absolute atomic E-state index is 0.0465. The van der Waals surface area contributed by atoms with Crippen molar-refractivity contribution < 1.29 is 0 Å². The van der Waals surface area contributed by atoms with Crippen LogP contribution in [0.3, 0.4) is 0 Å². The number of nitrogens with one attached hydrogen (secondary N) is 1. The Morgan fingerprint density at radius 3 is 2.30 bits per heavy atom. The second kappa shape index (κ2) is 5.30. The molecule has 0 radical (unpaired) electrons. The summed E-state index contributed by atoms with van der Waals surface area (Å²) in [6, 6.07) is 14.2. The molecule has 0 amide bonds. The maximum atomic E-state index is 4.44. The summed E-state index contributed by atoms with van der Waals surface area (Å²) in [5.41, 5.74) is 3.24. The SMILES string of the molecule is CNC(c1ccnn1C)c1ccnn1-c1ccccc1. The molecule has 5 heteroatoms. The Hall–Kier alpha value is -2.40. The molecule has 1 atom stereocenters. The van der Waals surface area contributed by atoms with Gasteiger partial charge in [-0.1, -0.05) is 18.2 Å². The molecule has 0 aliphatic heterocycles. The molecule has 20 heavy (non-hydrogen) atoms. The van der Waals surface area contributed by atoms with E-state index >= 15 is 0 Å². The summed E-state index contributed by atoms with van der Waals surface area (Å²) < 4.78 is 3.83. The normalized spacial score (nSPS) is 12.5. The van der Waals surface area contributed by atoms with E-state index in [1.165, 1.54) is 0 Å². The van der Waals surface area contributed by atoms with Crippen molar-refractivity contribution in [2.75, 3.05) is 7.05 Å². The van der Waals surface area contributed by atoms with Crippen molar-refractivity contribution in [1.82, 2.24) is 24.9 Å². The first kappa shape index (κ1) is 12.6. The summed E-state index contributed by atoms with van der Waals surface area (Å²) >= 11 is 0. The molecule has 2 aromatic heterocycles. The monoisotopic (exact) mass is 267 g/mol. The van der Waals surface area contributed by atoms with E-state index in [0.29, 0.717) is 0 Å². The predicted octanol–water partition coefficient (Wildman–Crippen LogP) is 1.91. The molecule has 1 aromatic carbocycles. The third kappa shape index (κ3) is 2.12. The maximum absolute atomic E-state index is 4.44. The quantitative estimate of drug-likeness (QED) is 0.785. The van der Waals surface area contributed by atoms with Crippen LogP contribution in [0.5, 0.6) is 0 Å². The van der Waals surface area contributed by atoms with Crippen LogP contribution in [0, 0.1) is 0 Å². The third-order valence-electron chi connectivity index (χ3n) is 3.41. The van der Waals surface area contributed by atoms with Gasteiger partial charge in [0.15, 0.2) is 0 Å². The molecular formula is C15H17N5. The van der Waals surface area contributed by atoms with Gasteiger partial charge in [-0.05, 0) is 31.3 Å². The van der Waals surface area contributed by atoms with Crippen LogP contribution in [0.2, 0.25) is 0 Å². The molecule has 0 aliphatic rings. The van der Waals surface area contributed by atoms with Gasteiger partial charge < -0.3 is 5.32 Å². The van der Waals surface area contributed by atoms with Gasteiger partial charge in [-0.15, -0.1) is 0 Å². The van der Waals surface area contributed by atoms with Gasteiger partial charge in [-0.25, -0.2) is 4.68 Å². The van der Waals surface area contributed by atoms with E-state index in [2.05, 4.69) is 15.5 Å². The van der Waals surface area contributed by atoms with E-state index in [0.717, 1.165) is 17.1 Å². The molecule has 0 saturated heterocycles. The highest BCUT2D eigenvalue weighted by atomic mass is 15.3. The van der Waals surface area contributed by atoms with Crippen LogP contribution in [-0.2, 0) is 7.05 Å². The summed E-state index contributed by atoms with van der Waals surface area (Å²) in [7, 11) is 3.89. The first-order valence-corrected chi connectivity index (χ1v) is 6.56. The number of hydrogen-bond donors (Lipinski definition) is 1. The zero-order valence-electron chi connectivity index (χ0n) is 11.6. The number of benzene rings is 1. The van der Waals surface area contributed by atoms with Crippen molar-refractivity contribution in [1.29, 1.82) is 0 Å². The molecule has 0 fully saturated rings. The topological polar surface area (TPSA) is 47.7 Å². The first-order chi connectivity index (χ1) is 9.81. The van der Waals surface area contributed by atoms with E-state index in [4.69, 9.17) is 0 Å². The molecule has 0 aliphatic carbocycles. The number of hydrogen-bond acceptors (Lipinski definition) is 3. The van der Waals surface area contributed by atoms with Crippen LogP contribution < -0.4 is 5.32 Å². The fraction of sp³-hybridized carbons (Fsp3) is 0.200. The van der Waals surface area contributed by atoms with E-state index < -0.39 is 0 Å². The van der Waals surface area contributed by atoms with Gasteiger partial charge in [-0.3, -0.25) is 4.68 Å². The second-order valence-corrected chi connectivity index (χ2v) is 4.60. The van der Waals surface area contributed by atoms with Crippen LogP contribution in [0.15, 0.2) is 54.9 Å². The Morgan fingerprint density at radius 2 is 1.65 bits per heavy atom. The summed E-state index contributed by atoms with van der Waals surface area (Å²) in [6.45, 7) is 0. The minimum Gasteiger partial charge on any atom is -0.307 e. The fourth-order valence-electron chi connectivity index (χ4n) is 2.43. The van der Waals surface area contributed by atoms with Crippen molar-refractivity contribution in [3.05, 3.63) is 66.2 Å². The molecule has 5 nitrogen and oxygen atoms in total. The lowest BCUT2D eigenvalue weighted by molar-refractivity contribution is 0.577. The van der Waals surface area contributed by atoms with E-state index in [-0.39, 0.29) is 6.04 Å². The number of nitrogens with zero attached hydrogens (tertiary/aromatic N) is 4. The van der Waals surface area contributed by atoms with Crippen molar-refractivity contribution in [2.45, 2.75) is 6.04 Å². The smallest absolute Gasteiger partial charge is 0.0920 e. The number of aromatic nitrogens is 4. The van der Waals surface area contributed by atoms with Crippen LogP contribution in [0.4, 0.5) is 0 Å². The molecule has 1 N–H and O–H groups in total. The van der Waals surface area contributed by atoms with E-state index in [1.807, 2.05) is 78.3 Å². The van der Waals surface area contributed by atoms with Gasteiger partial charge in [0.25, 0.3) is 0 Å². The Labute approximate surface area is 117 Å². The van der Waals surface area contributed by atoms with Crippen molar-refractivity contribution in [3.63, 3.8) is 0 Å². The van der Waals surface area contributed by atoms with E-state index in [1.54, 1.807) is 0 Å². The zero-order chi connectivity index (χ0) is 13.9. The van der Waals surface area contributed by atoms with Gasteiger partial charge in [0.1, 0.15) is 0 Å². The predicted molar refractivity (Wildman–Crippen MR) is 77.7 cm³/mol. The molecule has 2 heterocycles. The van der Waals surface area contributed by atoms with Crippen LogP contribution in [-0.4, -0.2) is 26.6 Å². The van der Waals surface area contributed by atoms with Gasteiger partial charge in [0, 0.05) is 19.4 Å². The van der Waals surface area contributed by atoms with Gasteiger partial charge in [0.05, 0.1) is 23.1 Å². The Kier molecular flexibility index (Phi) is 3.35. The van der Waals surface area contributed by atoms with Gasteiger partial charge >= 0.3 is 0 Å². The molecule has 0 saturated carbocycles. The summed E-state index contributed by atoms with van der Waals surface area (Å²) in [5, 5.41) is 12.0. The summed E-state index contributed by atoms with van der Waals surface area (Å²) in [6.07, 6.45) is 3.63. The Morgan fingerprint density at radius 1 is 0.950 bits per heavy atom. The zero-order valence-corrected chi connectivity index (χ0v) is 11.6. The Balaban J connectivity index is 2.07. The number of para-hydroxylation sites is 1. The minimum atomic E-state index is 0.0465. The van der Waals surface area contributed by atoms with Crippen molar-refractivity contribution in [2.24, 2.45) is 7.05 Å². The van der Waals surface area contributed by atoms with Crippen LogP contribution in [0.1, 0.15) is 17.4 Å². The van der Waals surface area contributed by atoms with E-state index in [9.17, 15) is 0 Å². The molecule has 102 valence electrons. The molecular weight excluding hydrogens is 250 g/mol. The fourth-order valence-corrected chi connectivity index (χ4v) is 2.43. The van der Waals surface area contributed by atoms with Gasteiger partial charge in [-0.2, -0.15) is 10.2 Å². The van der Waals surface area contributed by atoms with Crippen LogP contribution >= 0.6 is 0 Å². The molecule has 0 bridgehead atoms. The molecule has 3 aromatic rings. The highest BCUT2D eigenvalue weighted by Gasteiger charge is 2.19. The highest BCUT2D eigenvalue weighted by Crippen LogP contribution is 2.23. The third-order valence-corrected chi connectivity index (χ3v) is 3.41. The lowest BCUT2D eigenvalue weighted by Crippen LogP contribution is -2.23. The first-order valence-electron chi connectivity index (χ1n) is 6.56. The summed E-state index contributed by atoms with van der Waals surface area (Å²) in [4.78, 5) is 0. The molecule has 3 rings (SSSR count). The van der Waals surface area contributed by atoms with Crippen LogP contribution in [0.25, 0.3) is 5.69 Å². The van der Waals surface area contributed by atoms with Gasteiger partial charge in [0.2, 0.25) is 0 Å². The maximum Gasteiger partial charge on any atom is 0.0920 e. The lowest BCUT2D eigenvalue weighted by atomic mass is 10.1. The average molecular weight is 267 g/mol. The number of rotatable bonds is 4. The van der Waals surface area contributed by atoms with Crippen molar-refractivity contribution in [3.8, 4) is 5.69 Å². The largest absolute Gasteiger partial charge is 0.307 e. The highest BCUT2D eigenvalue weighted by molar-refractivity contribution is 5.35. The molecule has 0 spiro atoms. The Bertz CT molecular complexity index is 683. The lowest BCUT2D eigenvalue weighted by Gasteiger charge is -2.18. The standard InChI is InChI=1S/C15H17N5/c1-16-15(13-8-10-17-19(13)2)14-9-11-18-20(14)12-6-4-3-5-7-12/h3-11,15-16H,1-2H3. The average Bonchev–Trinajstić information content (AvgIpc) is 3.11. The summed E-state index contributed by atoms with van der Waals surface area (Å²) in [5.74, 6) is 0. The van der Waals surface area contributed by atoms with Crippen molar-refractivity contribution >= 4 is 0 Å². The molecule has 1 unspecified atom stereocenters.